The Morgan fingerprint density at radius 2 is 0.690 bits per heavy atom. The molecule has 0 saturated carbocycles. The molecule has 0 aromatic rings. The van der Waals surface area contributed by atoms with Crippen molar-refractivity contribution in [2.75, 3.05) is 20.6 Å². The van der Waals surface area contributed by atoms with Gasteiger partial charge in [0.1, 0.15) is 0 Å². The predicted molar refractivity (Wildman–Crippen MR) is 195 cm³/mol. The molecule has 0 saturated heterocycles. The second-order valence-corrected chi connectivity index (χ2v) is 13.2. The summed E-state index contributed by atoms with van der Waals surface area (Å²) in [5.74, 6) is 0. The van der Waals surface area contributed by atoms with Crippen LogP contribution in [0.15, 0.2) is 48.1 Å². The minimum absolute atomic E-state index is 1.06. The number of rotatable bonds is 33. The van der Waals surface area contributed by atoms with Crippen molar-refractivity contribution in [1.82, 2.24) is 4.90 Å². The molecule has 0 rings (SSSR count). The lowest BCUT2D eigenvalue weighted by molar-refractivity contribution is 0.448. The third-order valence-corrected chi connectivity index (χ3v) is 8.34. The van der Waals surface area contributed by atoms with Gasteiger partial charge in [-0.1, -0.05) is 159 Å². The summed E-state index contributed by atoms with van der Waals surface area (Å²) in [7, 11) is 4.38. The van der Waals surface area contributed by atoms with Gasteiger partial charge in [0.2, 0.25) is 0 Å². The van der Waals surface area contributed by atoms with E-state index in [-0.39, 0.29) is 0 Å². The molecule has 0 aliphatic rings. The molecule has 1 nitrogen and oxygen atoms in total. The van der Waals surface area contributed by atoms with Gasteiger partial charge in [-0.3, -0.25) is 0 Å². The molecule has 246 valence electrons. The van der Waals surface area contributed by atoms with Crippen molar-refractivity contribution in [3.05, 3.63) is 48.1 Å². The lowest BCUT2D eigenvalue weighted by Gasteiger charge is -2.10. The third kappa shape index (κ3) is 35.1. The van der Waals surface area contributed by atoms with E-state index in [1.165, 1.54) is 185 Å². The van der Waals surface area contributed by atoms with E-state index in [9.17, 15) is 0 Å². The maximum Gasteiger partial charge on any atom is 0.0224 e. The number of nitrogens with zero attached hydrogens (tertiary/aromatic N) is 1. The first-order valence-corrected chi connectivity index (χ1v) is 19.0. The van der Waals surface area contributed by atoms with Gasteiger partial charge < -0.3 is 4.90 Å². The zero-order valence-corrected chi connectivity index (χ0v) is 29.5. The van der Waals surface area contributed by atoms with E-state index in [1.54, 1.807) is 0 Å². The number of likely N-dealkylation sites (N-methyl/N-ethyl adjacent to an activating group) is 1. The van der Waals surface area contributed by atoms with Crippen molar-refractivity contribution in [3.8, 4) is 0 Å². The maximum atomic E-state index is 2.50. The summed E-state index contributed by atoms with van der Waals surface area (Å²) >= 11 is 0. The molecule has 0 aromatic heterocycles. The molecule has 0 radical (unpaired) electrons. The fourth-order valence-corrected chi connectivity index (χ4v) is 5.62. The number of allylic oxidation sites excluding steroid dienone is 6. The molecule has 0 aliphatic carbocycles. The Kier molecular flexibility index (Phi) is 35.2. The van der Waals surface area contributed by atoms with Crippen LogP contribution in [0.2, 0.25) is 0 Å². The Bertz CT molecular complexity index is 623. The molecule has 0 fully saturated rings. The highest BCUT2D eigenvalue weighted by molar-refractivity contribution is 5.20. The van der Waals surface area contributed by atoms with E-state index in [1.807, 2.05) is 0 Å². The number of hydrogen-bond acceptors (Lipinski definition) is 1. The highest BCUT2D eigenvalue weighted by Gasteiger charge is 1.97. The van der Waals surface area contributed by atoms with Gasteiger partial charge in [-0.15, -0.1) is 0 Å². The lowest BCUT2D eigenvalue weighted by Crippen LogP contribution is -2.14. The van der Waals surface area contributed by atoms with Crippen LogP contribution in [0, 0.1) is 0 Å². The standard InChI is InChI=1S/C41H77N/c1-5-7-9-11-13-15-17-19-21-23-25-27-29-31-33-35-37-39-41(40-42(3)4)38-36-34-32-30-28-26-24-22-20-18-16-14-12-10-8-6-2/h19-22,37-39H,5-18,23-36,40H2,1-4H3/b21-19-,22-20-,39-37?,41-38?. The summed E-state index contributed by atoms with van der Waals surface area (Å²) in [6.45, 7) is 5.65. The van der Waals surface area contributed by atoms with Crippen molar-refractivity contribution in [2.24, 2.45) is 0 Å². The zero-order chi connectivity index (χ0) is 30.6. The molecule has 0 heterocycles. The van der Waals surface area contributed by atoms with Crippen molar-refractivity contribution < 1.29 is 0 Å². The highest BCUT2D eigenvalue weighted by atomic mass is 15.0. The van der Waals surface area contributed by atoms with Crippen LogP contribution in [0.4, 0.5) is 0 Å². The van der Waals surface area contributed by atoms with E-state index in [4.69, 9.17) is 0 Å². The van der Waals surface area contributed by atoms with Crippen LogP contribution in [0.3, 0.4) is 0 Å². The van der Waals surface area contributed by atoms with Crippen LogP contribution in [0.1, 0.15) is 194 Å². The first-order chi connectivity index (χ1) is 20.7. The molecule has 0 atom stereocenters. The molecule has 0 spiro atoms. The number of hydrogen-bond donors (Lipinski definition) is 0. The second-order valence-electron chi connectivity index (χ2n) is 13.2. The second kappa shape index (κ2) is 36.1. The summed E-state index contributed by atoms with van der Waals surface area (Å²) in [6, 6.07) is 0. The summed E-state index contributed by atoms with van der Waals surface area (Å²) in [6.07, 6.45) is 55.3. The first-order valence-electron chi connectivity index (χ1n) is 19.0. The van der Waals surface area contributed by atoms with Gasteiger partial charge in [-0.05, 0) is 96.7 Å². The van der Waals surface area contributed by atoms with E-state index in [2.05, 4.69) is 75.4 Å². The summed E-state index contributed by atoms with van der Waals surface area (Å²) in [5, 5.41) is 0. The topological polar surface area (TPSA) is 3.24 Å². The van der Waals surface area contributed by atoms with Gasteiger partial charge in [-0.2, -0.15) is 0 Å². The smallest absolute Gasteiger partial charge is 0.0224 e. The van der Waals surface area contributed by atoms with Gasteiger partial charge in [0.15, 0.2) is 0 Å². The number of unbranched alkanes of at least 4 members (excludes halogenated alkanes) is 24. The molecule has 0 unspecified atom stereocenters. The van der Waals surface area contributed by atoms with Gasteiger partial charge in [0.25, 0.3) is 0 Å². The highest BCUT2D eigenvalue weighted by Crippen LogP contribution is 2.13. The Morgan fingerprint density at radius 3 is 1.05 bits per heavy atom. The van der Waals surface area contributed by atoms with Gasteiger partial charge in [0.05, 0.1) is 0 Å². The van der Waals surface area contributed by atoms with Crippen LogP contribution in [0.5, 0.6) is 0 Å². The largest absolute Gasteiger partial charge is 0.305 e. The van der Waals surface area contributed by atoms with Gasteiger partial charge in [-0.25, -0.2) is 0 Å². The predicted octanol–water partition coefficient (Wildman–Crippen LogP) is 14.1. The van der Waals surface area contributed by atoms with E-state index >= 15 is 0 Å². The molecule has 1 heteroatoms. The Hall–Kier alpha value is -1.08. The van der Waals surface area contributed by atoms with Gasteiger partial charge in [0, 0.05) is 6.54 Å². The van der Waals surface area contributed by atoms with Crippen molar-refractivity contribution in [2.45, 2.75) is 194 Å². The lowest BCUT2D eigenvalue weighted by atomic mass is 10.1. The van der Waals surface area contributed by atoms with Crippen LogP contribution in [-0.4, -0.2) is 25.5 Å². The first kappa shape index (κ1) is 40.9. The van der Waals surface area contributed by atoms with Crippen LogP contribution < -0.4 is 0 Å². The fraction of sp³-hybridized carbons (Fsp3) is 0.805. The van der Waals surface area contributed by atoms with Crippen molar-refractivity contribution in [1.29, 1.82) is 0 Å². The van der Waals surface area contributed by atoms with Gasteiger partial charge >= 0.3 is 0 Å². The van der Waals surface area contributed by atoms with E-state index < -0.39 is 0 Å². The van der Waals surface area contributed by atoms with E-state index in [0.717, 1.165) is 6.54 Å². The molecule has 0 bridgehead atoms. The summed E-state index contributed by atoms with van der Waals surface area (Å²) in [5.41, 5.74) is 1.50. The Morgan fingerprint density at radius 1 is 0.381 bits per heavy atom. The van der Waals surface area contributed by atoms with Crippen LogP contribution >= 0.6 is 0 Å². The average molecular weight is 584 g/mol. The zero-order valence-electron chi connectivity index (χ0n) is 29.5. The van der Waals surface area contributed by atoms with Crippen LogP contribution in [-0.2, 0) is 0 Å². The fourth-order valence-electron chi connectivity index (χ4n) is 5.62. The molecule has 0 aromatic carbocycles. The Balaban J connectivity index is 3.71. The minimum Gasteiger partial charge on any atom is -0.305 e. The normalized spacial score (nSPS) is 12.7. The molecule has 0 amide bonds. The van der Waals surface area contributed by atoms with Crippen LogP contribution in [0.25, 0.3) is 0 Å². The SMILES string of the molecule is CCCCCCCC/C=C\CCCCCCCC=CC(=CCCCCCCC/C=C\CCCCCCCC)CN(C)C. The third-order valence-electron chi connectivity index (χ3n) is 8.34. The molecule has 42 heavy (non-hydrogen) atoms. The molecular formula is C41H77N. The van der Waals surface area contributed by atoms with E-state index in [0.29, 0.717) is 0 Å². The monoisotopic (exact) mass is 584 g/mol. The average Bonchev–Trinajstić information content (AvgIpc) is 2.98. The molecular weight excluding hydrogens is 506 g/mol. The maximum absolute atomic E-state index is 2.50. The van der Waals surface area contributed by atoms with Crippen molar-refractivity contribution >= 4 is 0 Å². The molecule has 0 aliphatic heterocycles. The molecule has 0 N–H and O–H groups in total. The van der Waals surface area contributed by atoms with Crippen molar-refractivity contribution in [3.63, 3.8) is 0 Å². The summed E-state index contributed by atoms with van der Waals surface area (Å²) in [4.78, 5) is 2.30. The quantitative estimate of drug-likeness (QED) is 0.0422. The summed E-state index contributed by atoms with van der Waals surface area (Å²) < 4.78 is 0. The Labute approximate surface area is 266 Å². The minimum atomic E-state index is 1.06.